The maximum absolute atomic E-state index is 12.8. The van der Waals surface area contributed by atoms with Gasteiger partial charge in [-0.2, -0.15) is 11.8 Å². The Kier molecular flexibility index (Phi) is 14.5. The molecular weight excluding hydrogens is 472 g/mol. The molecule has 0 aliphatic heterocycles. The molecule has 0 saturated carbocycles. The molecule has 0 saturated heterocycles. The fraction of sp³-hybridized carbons (Fsp3) is 0.517. The van der Waals surface area contributed by atoms with Crippen LogP contribution >= 0.6 is 24.0 Å². The number of hydrogen-bond donors (Lipinski definition) is 2. The first-order valence-corrected chi connectivity index (χ1v) is 14.8. The number of ether oxygens (including phenoxy) is 1. The summed E-state index contributed by atoms with van der Waals surface area (Å²) in [5, 5.41) is 6.29. The zero-order valence-corrected chi connectivity index (χ0v) is 23.3. The lowest BCUT2D eigenvalue weighted by Gasteiger charge is -2.13. The van der Waals surface area contributed by atoms with Gasteiger partial charge in [0.25, 0.3) is 5.91 Å². The van der Waals surface area contributed by atoms with Crippen molar-refractivity contribution in [3.63, 3.8) is 0 Å². The first kappa shape index (κ1) is 29.2. The van der Waals surface area contributed by atoms with Gasteiger partial charge in [0.15, 0.2) is 0 Å². The van der Waals surface area contributed by atoms with Crippen LogP contribution < -0.4 is 15.4 Å². The molecule has 0 spiro atoms. The van der Waals surface area contributed by atoms with Crippen LogP contribution in [0.15, 0.2) is 42.5 Å². The minimum absolute atomic E-state index is 0.142. The molecule has 0 heterocycles. The molecule has 2 rings (SSSR count). The van der Waals surface area contributed by atoms with Crippen molar-refractivity contribution in [1.29, 1.82) is 0 Å². The smallest absolute Gasteiger partial charge is 0.255 e. The summed E-state index contributed by atoms with van der Waals surface area (Å²) in [5.74, 6) is 1.66. The van der Waals surface area contributed by atoms with Crippen molar-refractivity contribution in [3.05, 3.63) is 59.2 Å². The Morgan fingerprint density at radius 3 is 2.20 bits per heavy atom. The third-order valence-corrected chi connectivity index (χ3v) is 6.97. The van der Waals surface area contributed by atoms with Crippen molar-refractivity contribution in [2.45, 2.75) is 71.6 Å². The SMILES string of the molecule is CCCCCCCCCCCOc1ccc(C(=O)Nc2cc(C(=S)NCCSC)ccc2C)cc1. The molecule has 2 aromatic rings. The monoisotopic (exact) mass is 514 g/mol. The van der Waals surface area contributed by atoms with E-state index < -0.39 is 0 Å². The van der Waals surface area contributed by atoms with Crippen LogP contribution in [-0.2, 0) is 0 Å². The number of amides is 1. The molecule has 0 aromatic heterocycles. The number of hydrogen-bond acceptors (Lipinski definition) is 4. The van der Waals surface area contributed by atoms with Gasteiger partial charge in [-0.05, 0) is 55.5 Å². The lowest BCUT2D eigenvalue weighted by Crippen LogP contribution is -2.25. The molecule has 0 aliphatic carbocycles. The van der Waals surface area contributed by atoms with Crippen molar-refractivity contribution >= 4 is 40.6 Å². The number of carbonyl (C=O) groups excluding carboxylic acids is 1. The molecule has 35 heavy (non-hydrogen) atoms. The topological polar surface area (TPSA) is 50.4 Å². The zero-order chi connectivity index (χ0) is 25.3. The Morgan fingerprint density at radius 1 is 0.914 bits per heavy atom. The molecule has 0 radical (unpaired) electrons. The molecule has 0 atom stereocenters. The number of aryl methyl sites for hydroxylation is 1. The first-order chi connectivity index (χ1) is 17.0. The van der Waals surface area contributed by atoms with Gasteiger partial charge in [-0.25, -0.2) is 0 Å². The molecule has 1 amide bonds. The third kappa shape index (κ3) is 11.5. The van der Waals surface area contributed by atoms with Gasteiger partial charge < -0.3 is 15.4 Å². The highest BCUT2D eigenvalue weighted by Gasteiger charge is 2.10. The molecule has 0 fully saturated rings. The molecule has 2 N–H and O–H groups in total. The van der Waals surface area contributed by atoms with Gasteiger partial charge in [-0.1, -0.05) is 82.6 Å². The van der Waals surface area contributed by atoms with E-state index in [1.165, 1.54) is 51.4 Å². The van der Waals surface area contributed by atoms with Gasteiger partial charge in [0.05, 0.1) is 6.61 Å². The minimum atomic E-state index is -0.142. The first-order valence-electron chi connectivity index (χ1n) is 13.0. The van der Waals surface area contributed by atoms with Gasteiger partial charge >= 0.3 is 0 Å². The number of rotatable bonds is 17. The lowest BCUT2D eigenvalue weighted by molar-refractivity contribution is 0.102. The maximum atomic E-state index is 12.8. The molecule has 4 nitrogen and oxygen atoms in total. The van der Waals surface area contributed by atoms with E-state index in [0.717, 1.165) is 47.9 Å². The van der Waals surface area contributed by atoms with Crippen LogP contribution in [0.25, 0.3) is 0 Å². The van der Waals surface area contributed by atoms with E-state index in [0.29, 0.717) is 10.6 Å². The summed E-state index contributed by atoms with van der Waals surface area (Å²) in [6.07, 6.45) is 13.8. The van der Waals surface area contributed by atoms with Gasteiger partial charge in [-0.15, -0.1) is 0 Å². The van der Waals surface area contributed by atoms with Crippen molar-refractivity contribution in [3.8, 4) is 5.75 Å². The van der Waals surface area contributed by atoms with Crippen LogP contribution in [0.3, 0.4) is 0 Å². The molecule has 192 valence electrons. The van der Waals surface area contributed by atoms with E-state index >= 15 is 0 Å². The Labute approximate surface area is 222 Å². The minimum Gasteiger partial charge on any atom is -0.494 e. The van der Waals surface area contributed by atoms with Crippen molar-refractivity contribution in [1.82, 2.24) is 5.32 Å². The van der Waals surface area contributed by atoms with Crippen LogP contribution in [0, 0.1) is 6.92 Å². The number of benzene rings is 2. The van der Waals surface area contributed by atoms with Crippen LogP contribution in [0.1, 0.15) is 86.2 Å². The fourth-order valence-electron chi connectivity index (χ4n) is 3.77. The quantitative estimate of drug-likeness (QED) is 0.167. The second-order valence-electron chi connectivity index (χ2n) is 8.93. The summed E-state index contributed by atoms with van der Waals surface area (Å²) < 4.78 is 5.87. The Morgan fingerprint density at radius 2 is 1.54 bits per heavy atom. The number of unbranched alkanes of at least 4 members (excludes halogenated alkanes) is 8. The largest absolute Gasteiger partial charge is 0.494 e. The highest BCUT2D eigenvalue weighted by atomic mass is 32.2. The van der Waals surface area contributed by atoms with Crippen LogP contribution in [0.4, 0.5) is 5.69 Å². The third-order valence-electron chi connectivity index (χ3n) is 5.97. The average Bonchev–Trinajstić information content (AvgIpc) is 2.87. The van der Waals surface area contributed by atoms with Gasteiger partial charge in [-0.3, -0.25) is 4.79 Å². The fourth-order valence-corrected chi connectivity index (χ4v) is 4.30. The summed E-state index contributed by atoms with van der Waals surface area (Å²) in [6, 6.07) is 13.3. The van der Waals surface area contributed by atoms with E-state index in [2.05, 4.69) is 23.8 Å². The Hall–Kier alpha value is -2.05. The van der Waals surface area contributed by atoms with Gasteiger partial charge in [0.1, 0.15) is 10.7 Å². The Balaban J connectivity index is 1.75. The number of nitrogens with one attached hydrogen (secondary N) is 2. The van der Waals surface area contributed by atoms with E-state index in [4.69, 9.17) is 17.0 Å². The second kappa shape index (κ2) is 17.4. The predicted octanol–water partition coefficient (Wildman–Crippen LogP) is 7.79. The molecule has 2 aromatic carbocycles. The predicted molar refractivity (Wildman–Crippen MR) is 156 cm³/mol. The number of anilines is 1. The number of thioether (sulfide) groups is 1. The summed E-state index contributed by atoms with van der Waals surface area (Å²) >= 11 is 7.27. The summed E-state index contributed by atoms with van der Waals surface area (Å²) in [5.41, 5.74) is 3.27. The summed E-state index contributed by atoms with van der Waals surface area (Å²) in [7, 11) is 0. The molecule has 6 heteroatoms. The standard InChI is InChI=1S/C29H42N2O2S2/c1-4-5-6-7-8-9-10-11-12-20-33-26-17-15-24(16-18-26)28(32)31-27-22-25(14-13-23(27)2)29(34)30-19-21-35-3/h13-18,22H,4-12,19-21H2,1-3H3,(H,30,34)(H,31,32). The summed E-state index contributed by atoms with van der Waals surface area (Å²) in [4.78, 5) is 13.5. The highest BCUT2D eigenvalue weighted by molar-refractivity contribution is 7.98. The summed E-state index contributed by atoms with van der Waals surface area (Å²) in [6.45, 7) is 5.78. The molecular formula is C29H42N2O2S2. The number of carbonyl (C=O) groups is 1. The van der Waals surface area contributed by atoms with E-state index in [9.17, 15) is 4.79 Å². The van der Waals surface area contributed by atoms with Crippen molar-refractivity contribution < 1.29 is 9.53 Å². The highest BCUT2D eigenvalue weighted by Crippen LogP contribution is 2.20. The van der Waals surface area contributed by atoms with Gasteiger partial charge in [0.2, 0.25) is 0 Å². The van der Waals surface area contributed by atoms with Crippen LogP contribution in [-0.4, -0.2) is 36.1 Å². The lowest BCUT2D eigenvalue weighted by atomic mass is 10.1. The average molecular weight is 515 g/mol. The number of thiocarbonyl (C=S) groups is 1. The van der Waals surface area contributed by atoms with Crippen molar-refractivity contribution in [2.24, 2.45) is 0 Å². The molecule has 0 aliphatic rings. The van der Waals surface area contributed by atoms with Crippen LogP contribution in [0.2, 0.25) is 0 Å². The maximum Gasteiger partial charge on any atom is 0.255 e. The van der Waals surface area contributed by atoms with E-state index in [1.807, 2.05) is 49.4 Å². The van der Waals surface area contributed by atoms with Crippen LogP contribution in [0.5, 0.6) is 5.75 Å². The molecule has 0 unspecified atom stereocenters. The molecule has 0 bridgehead atoms. The van der Waals surface area contributed by atoms with Gasteiger partial charge in [0, 0.05) is 29.1 Å². The normalized spacial score (nSPS) is 10.7. The zero-order valence-electron chi connectivity index (χ0n) is 21.7. The van der Waals surface area contributed by atoms with E-state index in [1.54, 1.807) is 11.8 Å². The van der Waals surface area contributed by atoms with Crippen molar-refractivity contribution in [2.75, 3.05) is 30.5 Å². The second-order valence-corrected chi connectivity index (χ2v) is 10.3. The van der Waals surface area contributed by atoms with E-state index in [-0.39, 0.29) is 5.91 Å². The Bertz CT molecular complexity index is 900.